The number of amides is 1. The van der Waals surface area contributed by atoms with Crippen molar-refractivity contribution in [3.63, 3.8) is 0 Å². The molecule has 124 valence electrons. The third-order valence-corrected chi connectivity index (χ3v) is 5.43. The first-order valence-corrected chi connectivity index (χ1v) is 8.72. The van der Waals surface area contributed by atoms with Crippen LogP contribution in [0, 0.1) is 11.8 Å². The minimum absolute atomic E-state index is 0.00872. The van der Waals surface area contributed by atoms with Crippen molar-refractivity contribution in [1.29, 1.82) is 0 Å². The Morgan fingerprint density at radius 3 is 2.75 bits per heavy atom. The Labute approximate surface area is 141 Å². The van der Waals surface area contributed by atoms with Crippen molar-refractivity contribution in [2.24, 2.45) is 11.8 Å². The number of anilines is 1. The molecule has 1 amide bonds. The Morgan fingerprint density at radius 2 is 1.96 bits per heavy atom. The van der Waals surface area contributed by atoms with Gasteiger partial charge in [0.2, 0.25) is 5.43 Å². The van der Waals surface area contributed by atoms with Gasteiger partial charge in [0.15, 0.2) is 0 Å². The number of hydrogen-bond acceptors (Lipinski definition) is 2. The summed E-state index contributed by atoms with van der Waals surface area (Å²) in [5.41, 5.74) is 2.89. The summed E-state index contributed by atoms with van der Waals surface area (Å²) in [4.78, 5) is 28.6. The number of fused-ring (bicyclic) bond motifs is 4. The fraction of sp³-hybridized carbons (Fsp3) is 0.400. The zero-order chi connectivity index (χ0) is 16.7. The van der Waals surface area contributed by atoms with Gasteiger partial charge in [0, 0.05) is 23.0 Å². The highest BCUT2D eigenvalue weighted by Gasteiger charge is 2.35. The molecular formula is C20H22N2O2. The van der Waals surface area contributed by atoms with E-state index in [1.165, 1.54) is 6.42 Å². The number of H-pyrrole nitrogens is 1. The van der Waals surface area contributed by atoms with Crippen molar-refractivity contribution < 1.29 is 4.79 Å². The summed E-state index contributed by atoms with van der Waals surface area (Å²) in [6.07, 6.45) is 6.05. The second kappa shape index (κ2) is 5.93. The minimum Gasteiger partial charge on any atom is -0.363 e. The Kier molecular flexibility index (Phi) is 3.75. The molecule has 1 aromatic heterocycles. The van der Waals surface area contributed by atoms with Crippen LogP contribution in [0.2, 0.25) is 0 Å². The Bertz CT molecular complexity index is 825. The quantitative estimate of drug-likeness (QED) is 0.885. The van der Waals surface area contributed by atoms with E-state index in [9.17, 15) is 9.59 Å². The van der Waals surface area contributed by atoms with Gasteiger partial charge in [0.1, 0.15) is 5.69 Å². The molecule has 0 saturated heterocycles. The normalized spacial score (nSPS) is 25.0. The average molecular weight is 322 g/mol. The highest BCUT2D eigenvalue weighted by Crippen LogP contribution is 2.44. The van der Waals surface area contributed by atoms with Gasteiger partial charge in [-0.05, 0) is 55.6 Å². The maximum atomic E-state index is 13.0. The van der Waals surface area contributed by atoms with E-state index in [-0.39, 0.29) is 11.3 Å². The fourth-order valence-electron chi connectivity index (χ4n) is 4.50. The molecule has 4 nitrogen and oxygen atoms in total. The molecule has 2 aromatic rings. The molecule has 2 bridgehead atoms. The lowest BCUT2D eigenvalue weighted by atomic mass is 9.67. The van der Waals surface area contributed by atoms with Gasteiger partial charge >= 0.3 is 0 Å². The number of carbonyl (C=O) groups excluding carboxylic acids is 1. The third kappa shape index (κ3) is 2.66. The summed E-state index contributed by atoms with van der Waals surface area (Å²) in [6.45, 7) is 2.28. The predicted molar refractivity (Wildman–Crippen MR) is 94.4 cm³/mol. The van der Waals surface area contributed by atoms with Crippen LogP contribution < -0.4 is 10.7 Å². The maximum absolute atomic E-state index is 13.0. The van der Waals surface area contributed by atoms with Crippen molar-refractivity contribution in [2.75, 3.05) is 5.32 Å². The summed E-state index contributed by atoms with van der Waals surface area (Å²) < 4.78 is 0. The standard InChI is InChI=1S/C20H22N2O2/c1-12-7-13-9-15(8-12)18-16(10-13)21-11-17(19(18)23)22-20(24)14-5-3-2-4-6-14/h2-6,11-13,15H,7-10H2,1H3,(H,21,23)(H,22,24). The van der Waals surface area contributed by atoms with E-state index >= 15 is 0 Å². The molecule has 4 rings (SSSR count). The Morgan fingerprint density at radius 1 is 1.17 bits per heavy atom. The highest BCUT2D eigenvalue weighted by molar-refractivity contribution is 6.04. The van der Waals surface area contributed by atoms with Crippen molar-refractivity contribution >= 4 is 11.6 Å². The zero-order valence-electron chi connectivity index (χ0n) is 13.8. The number of aromatic nitrogens is 1. The molecule has 1 saturated carbocycles. The lowest BCUT2D eigenvalue weighted by molar-refractivity contribution is 0.102. The lowest BCUT2D eigenvalue weighted by Crippen LogP contribution is -2.33. The maximum Gasteiger partial charge on any atom is 0.255 e. The van der Waals surface area contributed by atoms with Gasteiger partial charge < -0.3 is 10.3 Å². The van der Waals surface area contributed by atoms with Crippen molar-refractivity contribution in [1.82, 2.24) is 4.98 Å². The molecule has 2 aliphatic rings. The van der Waals surface area contributed by atoms with Crippen LogP contribution in [-0.2, 0) is 6.42 Å². The number of nitrogens with one attached hydrogen (secondary N) is 2. The molecule has 0 radical (unpaired) electrons. The van der Waals surface area contributed by atoms with E-state index in [0.29, 0.717) is 29.0 Å². The van der Waals surface area contributed by atoms with Gasteiger partial charge in [-0.2, -0.15) is 0 Å². The van der Waals surface area contributed by atoms with Crippen molar-refractivity contribution in [3.8, 4) is 0 Å². The Hall–Kier alpha value is -2.36. The predicted octanol–water partition coefficient (Wildman–Crippen LogP) is 3.70. The SMILES string of the molecule is CC1CC2Cc3[nH]cc(NC(=O)c4ccccc4)c(=O)c3C(C1)C2. The van der Waals surface area contributed by atoms with Crippen molar-refractivity contribution in [2.45, 2.75) is 38.5 Å². The first-order chi connectivity index (χ1) is 11.6. The van der Waals surface area contributed by atoms with Gasteiger partial charge in [0.25, 0.3) is 5.91 Å². The molecule has 2 N–H and O–H groups in total. The van der Waals surface area contributed by atoms with Crippen LogP contribution in [-0.4, -0.2) is 10.9 Å². The molecule has 2 aliphatic carbocycles. The fourth-order valence-corrected chi connectivity index (χ4v) is 4.50. The van der Waals surface area contributed by atoms with Gasteiger partial charge in [0.05, 0.1) is 0 Å². The summed E-state index contributed by atoms with van der Waals surface area (Å²) in [6, 6.07) is 8.99. The lowest BCUT2D eigenvalue weighted by Gasteiger charge is -2.38. The molecule has 1 aromatic carbocycles. The summed E-state index contributed by atoms with van der Waals surface area (Å²) in [5, 5.41) is 2.78. The van der Waals surface area contributed by atoms with Crippen LogP contribution in [0.5, 0.6) is 0 Å². The number of hydrogen-bond donors (Lipinski definition) is 2. The van der Waals surface area contributed by atoms with E-state index < -0.39 is 0 Å². The van der Waals surface area contributed by atoms with Crippen molar-refractivity contribution in [3.05, 3.63) is 63.6 Å². The monoisotopic (exact) mass is 322 g/mol. The smallest absolute Gasteiger partial charge is 0.255 e. The minimum atomic E-state index is -0.244. The van der Waals surface area contributed by atoms with E-state index in [2.05, 4.69) is 17.2 Å². The highest BCUT2D eigenvalue weighted by atomic mass is 16.2. The molecule has 1 heterocycles. The van der Waals surface area contributed by atoms with Gasteiger partial charge in [-0.25, -0.2) is 0 Å². The van der Waals surface area contributed by atoms with E-state index in [0.717, 1.165) is 30.5 Å². The average Bonchev–Trinajstić information content (AvgIpc) is 2.57. The van der Waals surface area contributed by atoms with Crippen LogP contribution >= 0.6 is 0 Å². The summed E-state index contributed by atoms with van der Waals surface area (Å²) >= 11 is 0. The van der Waals surface area contributed by atoms with Crippen LogP contribution in [0.3, 0.4) is 0 Å². The number of carbonyl (C=O) groups is 1. The second-order valence-corrected chi connectivity index (χ2v) is 7.32. The first kappa shape index (κ1) is 15.2. The van der Waals surface area contributed by atoms with E-state index in [4.69, 9.17) is 0 Å². The summed E-state index contributed by atoms with van der Waals surface area (Å²) in [7, 11) is 0. The van der Waals surface area contributed by atoms with Gasteiger partial charge in [-0.15, -0.1) is 0 Å². The molecule has 0 spiro atoms. The van der Waals surface area contributed by atoms with E-state index in [1.807, 2.05) is 18.2 Å². The van der Waals surface area contributed by atoms with Crippen LogP contribution in [0.1, 0.15) is 53.7 Å². The summed E-state index contributed by atoms with van der Waals surface area (Å²) in [5.74, 6) is 1.45. The van der Waals surface area contributed by atoms with Crippen LogP contribution in [0.4, 0.5) is 5.69 Å². The molecular weight excluding hydrogens is 300 g/mol. The van der Waals surface area contributed by atoms with Gasteiger partial charge in [-0.3, -0.25) is 9.59 Å². The number of pyridine rings is 1. The molecule has 1 fully saturated rings. The van der Waals surface area contributed by atoms with Crippen LogP contribution in [0.25, 0.3) is 0 Å². The molecule has 24 heavy (non-hydrogen) atoms. The molecule has 3 unspecified atom stereocenters. The van der Waals surface area contributed by atoms with E-state index in [1.54, 1.807) is 18.3 Å². The topological polar surface area (TPSA) is 62.0 Å². The molecule has 0 aliphatic heterocycles. The Balaban J connectivity index is 1.66. The van der Waals surface area contributed by atoms with Crippen LogP contribution in [0.15, 0.2) is 41.3 Å². The number of benzene rings is 1. The van der Waals surface area contributed by atoms with Gasteiger partial charge in [-0.1, -0.05) is 25.1 Å². The number of rotatable bonds is 2. The molecule has 3 atom stereocenters. The molecule has 4 heteroatoms. The second-order valence-electron chi connectivity index (χ2n) is 7.32. The number of aromatic amines is 1. The largest absolute Gasteiger partial charge is 0.363 e. The zero-order valence-corrected chi connectivity index (χ0v) is 13.8. The third-order valence-electron chi connectivity index (χ3n) is 5.43. The first-order valence-electron chi connectivity index (χ1n) is 8.72.